The van der Waals surface area contributed by atoms with Gasteiger partial charge in [-0.2, -0.15) is 4.99 Å². The minimum atomic E-state index is -0.821. The van der Waals surface area contributed by atoms with Crippen molar-refractivity contribution in [1.29, 1.82) is 0 Å². The highest BCUT2D eigenvalue weighted by atomic mass is 16.3. The van der Waals surface area contributed by atoms with Crippen LogP contribution in [0.15, 0.2) is 28.8 Å². The summed E-state index contributed by atoms with van der Waals surface area (Å²) in [5.74, 6) is 0.335. The Labute approximate surface area is 75.2 Å². The van der Waals surface area contributed by atoms with Crippen LogP contribution >= 0.6 is 0 Å². The van der Waals surface area contributed by atoms with E-state index in [1.165, 1.54) is 6.08 Å². The summed E-state index contributed by atoms with van der Waals surface area (Å²) < 4.78 is 0. The Morgan fingerprint density at radius 3 is 3.08 bits per heavy atom. The van der Waals surface area contributed by atoms with Crippen molar-refractivity contribution < 1.29 is 5.11 Å². The van der Waals surface area contributed by atoms with Crippen LogP contribution in [0.4, 0.5) is 0 Å². The van der Waals surface area contributed by atoms with Gasteiger partial charge in [0.15, 0.2) is 5.84 Å². The first-order valence-electron chi connectivity index (χ1n) is 3.82. The van der Waals surface area contributed by atoms with Crippen molar-refractivity contribution in [2.75, 3.05) is 0 Å². The van der Waals surface area contributed by atoms with Crippen molar-refractivity contribution >= 4 is 5.84 Å². The van der Waals surface area contributed by atoms with Crippen molar-refractivity contribution in [1.82, 2.24) is 10.4 Å². The third-order valence-electron chi connectivity index (χ3n) is 1.94. The first-order valence-corrected chi connectivity index (χ1v) is 3.82. The summed E-state index contributed by atoms with van der Waals surface area (Å²) in [6.07, 6.45) is 3.02. The lowest BCUT2D eigenvalue weighted by atomic mass is 10.1. The topological polar surface area (TPSA) is 99.9 Å². The lowest BCUT2D eigenvalue weighted by Crippen LogP contribution is -2.59. The maximum Gasteiger partial charge on any atom is 0.212 e. The number of aliphatic hydroxyl groups excluding tert-OH is 1. The third-order valence-corrected chi connectivity index (χ3v) is 1.94. The number of hydrazine groups is 1. The predicted octanol–water partition coefficient (Wildman–Crippen LogP) is -0.907. The number of hydrogen-bond donors (Lipinski definition) is 4. The molecule has 0 fully saturated rings. The van der Waals surface area contributed by atoms with E-state index in [0.29, 0.717) is 11.5 Å². The lowest BCUT2D eigenvalue weighted by Gasteiger charge is -2.36. The molecule has 1 unspecified atom stereocenters. The second-order valence-corrected chi connectivity index (χ2v) is 3.23. The Morgan fingerprint density at radius 2 is 2.38 bits per heavy atom. The molecular weight excluding hydrogens is 170 g/mol. The summed E-state index contributed by atoms with van der Waals surface area (Å²) in [6.45, 7) is 1.73. The lowest BCUT2D eigenvalue weighted by molar-refractivity contribution is 0.203. The summed E-state index contributed by atoms with van der Waals surface area (Å²) in [7, 11) is 0. The van der Waals surface area contributed by atoms with Crippen LogP contribution in [0.2, 0.25) is 0 Å². The molecular formula is C7H11N5O. The monoisotopic (exact) mass is 181 g/mol. The average molecular weight is 181 g/mol. The molecule has 0 aromatic rings. The number of amidine groups is 1. The molecule has 2 rings (SSSR count). The summed E-state index contributed by atoms with van der Waals surface area (Å²) in [5, 5.41) is 10.9. The smallest absolute Gasteiger partial charge is 0.212 e. The van der Waals surface area contributed by atoms with Gasteiger partial charge in [-0.3, -0.25) is 0 Å². The maximum absolute atomic E-state index is 9.27. The zero-order valence-corrected chi connectivity index (χ0v) is 7.15. The maximum atomic E-state index is 9.27. The summed E-state index contributed by atoms with van der Waals surface area (Å²) in [5.41, 5.74) is 14.0. The van der Waals surface area contributed by atoms with Gasteiger partial charge in [-0.1, -0.05) is 0 Å². The first-order chi connectivity index (χ1) is 6.00. The number of nitrogens with two attached hydrogens (primary N) is 2. The van der Waals surface area contributed by atoms with Crippen LogP contribution in [-0.4, -0.2) is 21.6 Å². The third kappa shape index (κ3) is 1.03. The minimum absolute atomic E-state index is 0.115. The molecule has 0 aromatic heterocycles. The van der Waals surface area contributed by atoms with E-state index in [0.717, 1.165) is 0 Å². The van der Waals surface area contributed by atoms with Crippen molar-refractivity contribution in [3.05, 3.63) is 23.9 Å². The van der Waals surface area contributed by atoms with E-state index in [2.05, 4.69) is 10.4 Å². The van der Waals surface area contributed by atoms with Crippen LogP contribution in [0.3, 0.4) is 0 Å². The highest BCUT2D eigenvalue weighted by Gasteiger charge is 2.36. The van der Waals surface area contributed by atoms with E-state index < -0.39 is 5.66 Å². The van der Waals surface area contributed by atoms with Gasteiger partial charge in [-0.15, -0.1) is 0 Å². The van der Waals surface area contributed by atoms with Gasteiger partial charge in [0.05, 0.1) is 5.70 Å². The largest absolute Gasteiger partial charge is 0.493 e. The van der Waals surface area contributed by atoms with Crippen LogP contribution in [0, 0.1) is 0 Å². The Hall–Kier alpha value is -1.69. The van der Waals surface area contributed by atoms with Crippen molar-refractivity contribution in [3.63, 3.8) is 0 Å². The molecule has 6 heteroatoms. The zero-order valence-electron chi connectivity index (χ0n) is 7.15. The van der Waals surface area contributed by atoms with E-state index in [4.69, 9.17) is 11.5 Å². The van der Waals surface area contributed by atoms with Gasteiger partial charge in [0, 0.05) is 12.3 Å². The molecule has 2 aliphatic heterocycles. The molecule has 0 spiro atoms. The van der Waals surface area contributed by atoms with Gasteiger partial charge in [-0.05, 0) is 6.92 Å². The van der Waals surface area contributed by atoms with Crippen molar-refractivity contribution in [2.45, 2.75) is 12.6 Å². The Bertz CT molecular complexity index is 341. The predicted molar refractivity (Wildman–Crippen MR) is 48.0 cm³/mol. The summed E-state index contributed by atoms with van der Waals surface area (Å²) >= 11 is 0. The zero-order chi connectivity index (χ0) is 9.64. The molecule has 0 aliphatic carbocycles. The molecule has 0 bridgehead atoms. The number of hydrogen-bond acceptors (Lipinski definition) is 6. The fourth-order valence-electron chi connectivity index (χ4n) is 1.34. The molecule has 0 amide bonds. The highest BCUT2D eigenvalue weighted by Crippen LogP contribution is 2.21. The number of nitrogens with one attached hydrogen (secondary N) is 1. The van der Waals surface area contributed by atoms with Gasteiger partial charge in [0.1, 0.15) is 5.66 Å². The van der Waals surface area contributed by atoms with Gasteiger partial charge < -0.3 is 22.0 Å². The number of rotatable bonds is 0. The van der Waals surface area contributed by atoms with Crippen LogP contribution < -0.4 is 16.9 Å². The molecule has 0 radical (unpaired) electrons. The fourth-order valence-corrected chi connectivity index (χ4v) is 1.34. The molecule has 70 valence electrons. The molecule has 2 aliphatic rings. The van der Waals surface area contributed by atoms with Gasteiger partial charge >= 0.3 is 0 Å². The first kappa shape index (κ1) is 7.93. The minimum Gasteiger partial charge on any atom is -0.493 e. The molecule has 2 heterocycles. The molecule has 0 saturated heterocycles. The normalized spacial score (nSPS) is 31.5. The van der Waals surface area contributed by atoms with E-state index in [1.54, 1.807) is 18.1 Å². The van der Waals surface area contributed by atoms with Crippen LogP contribution in [0.5, 0.6) is 0 Å². The molecule has 0 saturated carbocycles. The number of aliphatic imine (C=N–C) groups is 1. The van der Waals surface area contributed by atoms with Gasteiger partial charge in [-0.25, -0.2) is 5.01 Å². The molecule has 0 aromatic carbocycles. The summed E-state index contributed by atoms with van der Waals surface area (Å²) in [4.78, 5) is 3.84. The van der Waals surface area contributed by atoms with Crippen molar-refractivity contribution in [3.8, 4) is 0 Å². The standard InChI is InChI=1S/C7H11N5O/c1-7(9)2-5(13)11-6-4(8)3-10-12(6)7/h2-3,10,13H,8-9H2,1H3. The van der Waals surface area contributed by atoms with Gasteiger partial charge in [0.2, 0.25) is 5.88 Å². The van der Waals surface area contributed by atoms with E-state index in [9.17, 15) is 5.11 Å². The molecule has 13 heavy (non-hydrogen) atoms. The Morgan fingerprint density at radius 1 is 1.69 bits per heavy atom. The van der Waals surface area contributed by atoms with E-state index in [-0.39, 0.29) is 5.88 Å². The molecule has 1 atom stereocenters. The highest BCUT2D eigenvalue weighted by molar-refractivity contribution is 6.00. The average Bonchev–Trinajstić information content (AvgIpc) is 2.31. The van der Waals surface area contributed by atoms with Crippen LogP contribution in [0.1, 0.15) is 6.92 Å². The van der Waals surface area contributed by atoms with Crippen LogP contribution in [-0.2, 0) is 0 Å². The number of aliphatic hydroxyl groups is 1. The molecule has 6 N–H and O–H groups in total. The number of nitrogens with zero attached hydrogens (tertiary/aromatic N) is 2. The number of fused-ring (bicyclic) bond motifs is 1. The Kier molecular flexibility index (Phi) is 1.32. The molecule has 6 nitrogen and oxygen atoms in total. The summed E-state index contributed by atoms with van der Waals surface area (Å²) in [6, 6.07) is 0. The second-order valence-electron chi connectivity index (χ2n) is 3.23. The second kappa shape index (κ2) is 2.17. The van der Waals surface area contributed by atoms with E-state index >= 15 is 0 Å². The SMILES string of the molecule is CC1(N)C=C(O)N=C2C(N)=CNN21. The fraction of sp³-hybridized carbons (Fsp3) is 0.286. The Balaban J connectivity index is 2.45. The quantitative estimate of drug-likeness (QED) is 0.388. The van der Waals surface area contributed by atoms with Gasteiger partial charge in [0.25, 0.3) is 0 Å². The van der Waals surface area contributed by atoms with Crippen LogP contribution in [0.25, 0.3) is 0 Å². The van der Waals surface area contributed by atoms with E-state index in [1.807, 2.05) is 0 Å². The van der Waals surface area contributed by atoms with Crippen molar-refractivity contribution in [2.24, 2.45) is 16.5 Å².